The second-order valence-electron chi connectivity index (χ2n) is 8.66. The number of benzene rings is 1. The normalized spacial score (nSPS) is 45.6. The molecule has 0 unspecified atom stereocenters. The van der Waals surface area contributed by atoms with Crippen LogP contribution in [0.4, 0.5) is 0 Å². The third kappa shape index (κ3) is 3.65. The molecule has 0 bridgehead atoms. The number of ether oxygens (including phenoxy) is 5. The van der Waals surface area contributed by atoms with Gasteiger partial charge in [0.2, 0.25) is 6.29 Å². The first-order valence-corrected chi connectivity index (χ1v) is 10.7. The molecule has 3 heterocycles. The Morgan fingerprint density at radius 2 is 1.79 bits per heavy atom. The summed E-state index contributed by atoms with van der Waals surface area (Å²) in [6.07, 6.45) is -6.67. The fourth-order valence-electron chi connectivity index (χ4n) is 5.05. The molecule has 5 N–H and O–H groups in total. The van der Waals surface area contributed by atoms with E-state index in [1.807, 2.05) is 0 Å². The van der Waals surface area contributed by atoms with Crippen LogP contribution in [0.3, 0.4) is 0 Å². The second-order valence-corrected chi connectivity index (χ2v) is 8.66. The van der Waals surface area contributed by atoms with E-state index >= 15 is 0 Å². The molecule has 1 saturated carbocycles. The van der Waals surface area contributed by atoms with Crippen LogP contribution >= 0.6 is 0 Å². The first kappa shape index (κ1) is 22.7. The summed E-state index contributed by atoms with van der Waals surface area (Å²) >= 11 is 0. The first-order valence-electron chi connectivity index (χ1n) is 10.7. The Morgan fingerprint density at radius 3 is 2.48 bits per heavy atom. The predicted molar refractivity (Wildman–Crippen MR) is 106 cm³/mol. The summed E-state index contributed by atoms with van der Waals surface area (Å²) in [6, 6.07) is 8.49. The van der Waals surface area contributed by atoms with E-state index in [9.17, 15) is 30.3 Å². The number of carbonyl (C=O) groups excluding carboxylic acids is 1. The lowest BCUT2D eigenvalue weighted by atomic mass is 9.85. The molecule has 11 atom stereocenters. The van der Waals surface area contributed by atoms with E-state index in [1.54, 1.807) is 36.4 Å². The van der Waals surface area contributed by atoms with Gasteiger partial charge in [0.05, 0.1) is 31.0 Å². The van der Waals surface area contributed by atoms with E-state index < -0.39 is 79.2 Å². The molecular formula is C22H26O11. The number of aliphatic hydroxyl groups excluding tert-OH is 5. The lowest BCUT2D eigenvalue weighted by Crippen LogP contribution is -2.60. The second kappa shape index (κ2) is 8.60. The minimum atomic E-state index is -1.62. The van der Waals surface area contributed by atoms with E-state index in [-0.39, 0.29) is 6.61 Å². The van der Waals surface area contributed by atoms with Crippen LogP contribution in [0.1, 0.15) is 10.4 Å². The first-order chi connectivity index (χ1) is 15.9. The van der Waals surface area contributed by atoms with Gasteiger partial charge in [-0.25, -0.2) is 4.79 Å². The summed E-state index contributed by atoms with van der Waals surface area (Å²) in [5, 5.41) is 49.9. The molecule has 0 spiro atoms. The third-order valence-corrected chi connectivity index (χ3v) is 6.85. The summed E-state index contributed by atoms with van der Waals surface area (Å²) in [7, 11) is 0. The molecule has 180 valence electrons. The Kier molecular flexibility index (Phi) is 5.91. The van der Waals surface area contributed by atoms with Gasteiger partial charge in [-0.15, -0.1) is 0 Å². The number of aliphatic hydroxyl groups is 5. The molecule has 11 heteroatoms. The highest BCUT2D eigenvalue weighted by atomic mass is 16.8. The summed E-state index contributed by atoms with van der Waals surface area (Å²) in [4.78, 5) is 12.7. The van der Waals surface area contributed by atoms with Crippen LogP contribution in [-0.2, 0) is 23.7 Å². The van der Waals surface area contributed by atoms with Crippen molar-refractivity contribution in [2.75, 3.05) is 13.2 Å². The Morgan fingerprint density at radius 1 is 1.03 bits per heavy atom. The molecule has 33 heavy (non-hydrogen) atoms. The summed E-state index contributed by atoms with van der Waals surface area (Å²) < 4.78 is 28.4. The van der Waals surface area contributed by atoms with Crippen molar-refractivity contribution >= 4 is 5.97 Å². The van der Waals surface area contributed by atoms with Gasteiger partial charge in [-0.3, -0.25) is 0 Å². The van der Waals surface area contributed by atoms with Crippen molar-refractivity contribution in [2.24, 2.45) is 11.8 Å². The molecule has 2 saturated heterocycles. The van der Waals surface area contributed by atoms with Crippen LogP contribution in [0.25, 0.3) is 0 Å². The van der Waals surface area contributed by atoms with Crippen LogP contribution in [-0.4, -0.2) is 99.5 Å². The number of esters is 1. The van der Waals surface area contributed by atoms with Crippen LogP contribution in [0, 0.1) is 11.8 Å². The number of fused-ring (bicyclic) bond motifs is 3. The maximum atomic E-state index is 12.7. The zero-order valence-electron chi connectivity index (χ0n) is 17.4. The van der Waals surface area contributed by atoms with Gasteiger partial charge in [-0.1, -0.05) is 18.2 Å². The van der Waals surface area contributed by atoms with E-state index in [0.717, 1.165) is 0 Å². The van der Waals surface area contributed by atoms with E-state index in [0.29, 0.717) is 5.56 Å². The van der Waals surface area contributed by atoms with Crippen LogP contribution in [0.5, 0.6) is 0 Å². The van der Waals surface area contributed by atoms with E-state index in [1.165, 1.54) is 6.26 Å². The van der Waals surface area contributed by atoms with Crippen molar-refractivity contribution < 1.29 is 54.0 Å². The van der Waals surface area contributed by atoms with Gasteiger partial charge in [0, 0.05) is 5.92 Å². The monoisotopic (exact) mass is 466 g/mol. The van der Waals surface area contributed by atoms with Crippen molar-refractivity contribution in [2.45, 2.75) is 54.8 Å². The molecule has 3 fully saturated rings. The van der Waals surface area contributed by atoms with Crippen molar-refractivity contribution in [3.8, 4) is 0 Å². The van der Waals surface area contributed by atoms with Gasteiger partial charge in [-0.2, -0.15) is 0 Å². The van der Waals surface area contributed by atoms with Gasteiger partial charge in [-0.05, 0) is 18.2 Å². The van der Waals surface area contributed by atoms with Gasteiger partial charge in [0.15, 0.2) is 6.29 Å². The van der Waals surface area contributed by atoms with Crippen molar-refractivity contribution in [3.63, 3.8) is 0 Å². The minimum Gasteiger partial charge on any atom is -0.472 e. The van der Waals surface area contributed by atoms with Gasteiger partial charge < -0.3 is 49.2 Å². The topological polar surface area (TPSA) is 168 Å². The number of carbonyl (C=O) groups is 1. The van der Waals surface area contributed by atoms with Gasteiger partial charge >= 0.3 is 5.97 Å². The van der Waals surface area contributed by atoms with Crippen LogP contribution in [0.2, 0.25) is 0 Å². The smallest absolute Gasteiger partial charge is 0.338 e. The quantitative estimate of drug-likeness (QED) is 0.239. The summed E-state index contributed by atoms with van der Waals surface area (Å²) in [5.74, 6) is -1.58. The highest BCUT2D eigenvalue weighted by molar-refractivity contribution is 5.89. The molecule has 1 aromatic rings. The van der Waals surface area contributed by atoms with Gasteiger partial charge in [0.25, 0.3) is 0 Å². The van der Waals surface area contributed by atoms with Crippen molar-refractivity contribution in [1.29, 1.82) is 0 Å². The lowest BCUT2D eigenvalue weighted by molar-refractivity contribution is -0.344. The zero-order chi connectivity index (χ0) is 23.3. The summed E-state index contributed by atoms with van der Waals surface area (Å²) in [5.41, 5.74) is -0.711. The molecule has 0 amide bonds. The number of rotatable bonds is 6. The molecule has 5 rings (SSSR count). The molecule has 0 radical (unpaired) electrons. The Labute approximate surface area is 188 Å². The van der Waals surface area contributed by atoms with E-state index in [4.69, 9.17) is 23.7 Å². The summed E-state index contributed by atoms with van der Waals surface area (Å²) in [6.45, 7) is -0.991. The van der Waals surface area contributed by atoms with Crippen molar-refractivity contribution in [1.82, 2.24) is 0 Å². The molecular weight excluding hydrogens is 440 g/mol. The largest absolute Gasteiger partial charge is 0.472 e. The fraction of sp³-hybridized carbons (Fsp3) is 0.591. The number of hydrogen-bond donors (Lipinski definition) is 5. The van der Waals surface area contributed by atoms with E-state index in [2.05, 4.69) is 0 Å². The average Bonchev–Trinajstić information content (AvgIpc) is 3.52. The standard InChI is InChI=1S/C22H26O11/c23-8-12-14(25)15(26)16(27)21(30-12)32-20-13-11(6-7-29-20)17(18-22(13,9-24)33-18)31-19(28)10-4-2-1-3-5-10/h1-7,11-18,20-21,23-27H,8-9H2/t11-,12-,13-,14-,15+,16-,17+,18+,20+,21+,22-/m1/s1. The molecule has 3 aliphatic heterocycles. The SMILES string of the molecule is O=C(O[C@H]1[C@@H]2C=CO[C@@H](O[C@@H]3O[C@H](CO)[C@@H](O)[C@H](O)[C@H]3O)[C@@H]2[C@@]2(CO)O[C@@H]12)c1ccccc1. The fourth-order valence-corrected chi connectivity index (χ4v) is 5.05. The predicted octanol–water partition coefficient (Wildman–Crippen LogP) is -1.73. The molecule has 1 aromatic carbocycles. The maximum Gasteiger partial charge on any atom is 0.338 e. The van der Waals surface area contributed by atoms with Gasteiger partial charge in [0.1, 0.15) is 42.2 Å². The zero-order valence-corrected chi connectivity index (χ0v) is 17.4. The molecule has 1 aliphatic carbocycles. The van der Waals surface area contributed by atoms with Crippen molar-refractivity contribution in [3.05, 3.63) is 48.2 Å². The Hall–Kier alpha value is -2.09. The highest BCUT2D eigenvalue weighted by Crippen LogP contribution is 2.60. The number of epoxide rings is 1. The Balaban J connectivity index is 1.35. The lowest BCUT2D eigenvalue weighted by Gasteiger charge is -2.43. The molecule has 11 nitrogen and oxygen atoms in total. The number of hydrogen-bond acceptors (Lipinski definition) is 11. The Bertz CT molecular complexity index is 892. The van der Waals surface area contributed by atoms with Crippen LogP contribution < -0.4 is 0 Å². The van der Waals surface area contributed by atoms with Crippen LogP contribution in [0.15, 0.2) is 42.7 Å². The molecule has 0 aromatic heterocycles. The highest BCUT2D eigenvalue weighted by Gasteiger charge is 2.77. The minimum absolute atomic E-state index is 0.376. The maximum absolute atomic E-state index is 12.7. The molecule has 4 aliphatic rings. The average molecular weight is 466 g/mol. The third-order valence-electron chi connectivity index (χ3n) is 6.85.